The number of nitrogens with one attached hydrogen (secondary N) is 2. The summed E-state index contributed by atoms with van der Waals surface area (Å²) in [5, 5.41) is 6.13. The Morgan fingerprint density at radius 1 is 1.43 bits per heavy atom. The lowest BCUT2D eigenvalue weighted by Gasteiger charge is -2.37. The summed E-state index contributed by atoms with van der Waals surface area (Å²) < 4.78 is 0. The molecule has 1 unspecified atom stereocenters. The van der Waals surface area contributed by atoms with Crippen molar-refractivity contribution in [2.24, 2.45) is 11.7 Å². The lowest BCUT2D eigenvalue weighted by Crippen LogP contribution is -2.55. The highest BCUT2D eigenvalue weighted by atomic mass is 16.2. The molecule has 5 heteroatoms. The monoisotopic (exact) mass is 197 g/mol. The van der Waals surface area contributed by atoms with Crippen LogP contribution in [0.5, 0.6) is 0 Å². The zero-order chi connectivity index (χ0) is 10.2. The van der Waals surface area contributed by atoms with E-state index in [-0.39, 0.29) is 29.7 Å². The molecule has 14 heavy (non-hydrogen) atoms. The Balaban J connectivity index is 2.21. The number of amides is 2. The molecule has 0 bridgehead atoms. The van der Waals surface area contributed by atoms with Gasteiger partial charge in [-0.25, -0.2) is 0 Å². The predicted octanol–water partition coefficient (Wildman–Crippen LogP) is -1.27. The van der Waals surface area contributed by atoms with Gasteiger partial charge in [0, 0.05) is 6.42 Å². The first-order valence-electron chi connectivity index (χ1n) is 4.95. The van der Waals surface area contributed by atoms with E-state index in [1.54, 1.807) is 0 Å². The van der Waals surface area contributed by atoms with Crippen molar-refractivity contribution >= 4 is 11.8 Å². The molecule has 2 rings (SSSR count). The maximum Gasteiger partial charge on any atom is 0.223 e. The van der Waals surface area contributed by atoms with Crippen molar-refractivity contribution < 1.29 is 9.59 Å². The van der Waals surface area contributed by atoms with E-state index in [1.807, 2.05) is 0 Å². The van der Waals surface area contributed by atoms with Gasteiger partial charge in [0.05, 0.1) is 11.5 Å². The fourth-order valence-corrected chi connectivity index (χ4v) is 2.52. The smallest absolute Gasteiger partial charge is 0.223 e. The normalized spacial score (nSPS) is 30.3. The van der Waals surface area contributed by atoms with Crippen LogP contribution in [0.15, 0.2) is 0 Å². The zero-order valence-electron chi connectivity index (χ0n) is 8.01. The molecule has 0 aromatic carbocycles. The lowest BCUT2D eigenvalue weighted by atomic mass is 9.78. The molecule has 2 saturated heterocycles. The maximum absolute atomic E-state index is 11.3. The number of nitrogens with two attached hydrogens (primary N) is 1. The summed E-state index contributed by atoms with van der Waals surface area (Å²) in [6.45, 7) is 1.67. The molecule has 2 fully saturated rings. The SMILES string of the molecule is NC(=O)C1CC(=O)NC12CCNCC2. The quantitative estimate of drug-likeness (QED) is 0.490. The van der Waals surface area contributed by atoms with Crippen LogP contribution >= 0.6 is 0 Å². The average Bonchev–Trinajstić information content (AvgIpc) is 2.44. The first-order chi connectivity index (χ1) is 6.64. The van der Waals surface area contributed by atoms with E-state index in [0.717, 1.165) is 25.9 Å². The highest BCUT2D eigenvalue weighted by Gasteiger charge is 2.49. The molecular weight excluding hydrogens is 182 g/mol. The second-order valence-electron chi connectivity index (χ2n) is 4.11. The Morgan fingerprint density at radius 3 is 2.64 bits per heavy atom. The summed E-state index contributed by atoms with van der Waals surface area (Å²) in [5.41, 5.74) is 4.96. The van der Waals surface area contributed by atoms with Crippen LogP contribution in [-0.2, 0) is 9.59 Å². The van der Waals surface area contributed by atoms with E-state index in [2.05, 4.69) is 10.6 Å². The van der Waals surface area contributed by atoms with E-state index in [0.29, 0.717) is 0 Å². The highest BCUT2D eigenvalue weighted by Crippen LogP contribution is 2.34. The minimum atomic E-state index is -0.356. The fourth-order valence-electron chi connectivity index (χ4n) is 2.52. The molecule has 0 aromatic heterocycles. The van der Waals surface area contributed by atoms with E-state index in [4.69, 9.17) is 5.73 Å². The van der Waals surface area contributed by atoms with Crippen LogP contribution < -0.4 is 16.4 Å². The first kappa shape index (κ1) is 9.45. The molecule has 2 amide bonds. The van der Waals surface area contributed by atoms with Gasteiger partial charge in [0.15, 0.2) is 0 Å². The van der Waals surface area contributed by atoms with Crippen LogP contribution in [-0.4, -0.2) is 30.4 Å². The number of rotatable bonds is 1. The molecule has 0 radical (unpaired) electrons. The van der Waals surface area contributed by atoms with Crippen LogP contribution in [0, 0.1) is 5.92 Å². The number of primary amides is 1. The van der Waals surface area contributed by atoms with Crippen LogP contribution in [0.4, 0.5) is 0 Å². The first-order valence-corrected chi connectivity index (χ1v) is 4.95. The van der Waals surface area contributed by atoms with Gasteiger partial charge >= 0.3 is 0 Å². The fraction of sp³-hybridized carbons (Fsp3) is 0.778. The number of carbonyl (C=O) groups excluding carboxylic acids is 2. The number of piperidine rings is 1. The van der Waals surface area contributed by atoms with Crippen LogP contribution in [0.1, 0.15) is 19.3 Å². The molecule has 2 heterocycles. The average molecular weight is 197 g/mol. The molecule has 2 aliphatic rings. The van der Waals surface area contributed by atoms with Gasteiger partial charge in [-0.2, -0.15) is 0 Å². The van der Waals surface area contributed by atoms with Gasteiger partial charge in [-0.1, -0.05) is 0 Å². The van der Waals surface area contributed by atoms with Gasteiger partial charge in [0.1, 0.15) is 0 Å². The summed E-state index contributed by atoms with van der Waals surface area (Å²) in [6, 6.07) is 0. The van der Waals surface area contributed by atoms with E-state index < -0.39 is 0 Å². The van der Waals surface area contributed by atoms with Crippen LogP contribution in [0.2, 0.25) is 0 Å². The summed E-state index contributed by atoms with van der Waals surface area (Å²) in [6.07, 6.45) is 1.86. The maximum atomic E-state index is 11.3. The molecule has 1 spiro atoms. The Kier molecular flexibility index (Phi) is 2.19. The third-order valence-electron chi connectivity index (χ3n) is 3.28. The zero-order valence-corrected chi connectivity index (χ0v) is 8.01. The molecule has 0 aliphatic carbocycles. The summed E-state index contributed by atoms with van der Waals surface area (Å²) in [7, 11) is 0. The number of hydrogen-bond acceptors (Lipinski definition) is 3. The molecule has 78 valence electrons. The molecule has 5 nitrogen and oxygen atoms in total. The van der Waals surface area contributed by atoms with Crippen molar-refractivity contribution in [3.63, 3.8) is 0 Å². The highest BCUT2D eigenvalue weighted by molar-refractivity contribution is 5.90. The van der Waals surface area contributed by atoms with Crippen LogP contribution in [0.25, 0.3) is 0 Å². The van der Waals surface area contributed by atoms with Crippen molar-refractivity contribution in [2.75, 3.05) is 13.1 Å². The van der Waals surface area contributed by atoms with E-state index in [9.17, 15) is 9.59 Å². The van der Waals surface area contributed by atoms with Crippen molar-refractivity contribution in [1.29, 1.82) is 0 Å². The standard InChI is InChI=1S/C9H15N3O2/c10-8(14)6-5-7(13)12-9(6)1-3-11-4-2-9/h6,11H,1-5H2,(H2,10,14)(H,12,13). The van der Waals surface area contributed by atoms with Gasteiger partial charge in [0.2, 0.25) is 11.8 Å². The Morgan fingerprint density at radius 2 is 2.07 bits per heavy atom. The van der Waals surface area contributed by atoms with Crippen LogP contribution in [0.3, 0.4) is 0 Å². The van der Waals surface area contributed by atoms with Crippen molar-refractivity contribution in [2.45, 2.75) is 24.8 Å². The molecule has 4 N–H and O–H groups in total. The molecule has 2 aliphatic heterocycles. The Hall–Kier alpha value is -1.10. The van der Waals surface area contributed by atoms with Gasteiger partial charge in [-0.05, 0) is 25.9 Å². The third-order valence-corrected chi connectivity index (χ3v) is 3.28. The van der Waals surface area contributed by atoms with Crippen molar-refractivity contribution in [1.82, 2.24) is 10.6 Å². The summed E-state index contributed by atoms with van der Waals surface area (Å²) in [4.78, 5) is 22.5. The third kappa shape index (κ3) is 1.37. The predicted molar refractivity (Wildman–Crippen MR) is 50.3 cm³/mol. The van der Waals surface area contributed by atoms with Gasteiger partial charge in [-0.3, -0.25) is 9.59 Å². The second-order valence-corrected chi connectivity index (χ2v) is 4.11. The van der Waals surface area contributed by atoms with Crippen molar-refractivity contribution in [3.05, 3.63) is 0 Å². The molecule has 1 atom stereocenters. The van der Waals surface area contributed by atoms with E-state index >= 15 is 0 Å². The lowest BCUT2D eigenvalue weighted by molar-refractivity contribution is -0.125. The summed E-state index contributed by atoms with van der Waals surface area (Å²) in [5.74, 6) is -0.724. The minimum Gasteiger partial charge on any atom is -0.369 e. The summed E-state index contributed by atoms with van der Waals surface area (Å²) >= 11 is 0. The number of hydrogen-bond donors (Lipinski definition) is 3. The Bertz CT molecular complexity index is 271. The van der Waals surface area contributed by atoms with E-state index in [1.165, 1.54) is 0 Å². The molecule has 0 aromatic rings. The topological polar surface area (TPSA) is 84.2 Å². The largest absolute Gasteiger partial charge is 0.369 e. The van der Waals surface area contributed by atoms with Gasteiger partial charge in [-0.15, -0.1) is 0 Å². The molecular formula is C9H15N3O2. The second kappa shape index (κ2) is 3.24. The minimum absolute atomic E-state index is 0.0456. The number of carbonyl (C=O) groups is 2. The van der Waals surface area contributed by atoms with Gasteiger partial charge in [0.25, 0.3) is 0 Å². The molecule has 0 saturated carbocycles. The van der Waals surface area contributed by atoms with Gasteiger partial charge < -0.3 is 16.4 Å². The Labute approximate surface area is 82.4 Å². The van der Waals surface area contributed by atoms with Crippen molar-refractivity contribution in [3.8, 4) is 0 Å².